The zero-order valence-electron chi connectivity index (χ0n) is 9.83. The summed E-state index contributed by atoms with van der Waals surface area (Å²) in [6.45, 7) is 4.02. The Kier molecular flexibility index (Phi) is 3.29. The number of nitrogens with one attached hydrogen (secondary N) is 1. The molecule has 0 radical (unpaired) electrons. The topological polar surface area (TPSA) is 51.2 Å². The fourth-order valence-corrected chi connectivity index (χ4v) is 1.87. The molecule has 0 bridgehead atoms. The van der Waals surface area contributed by atoms with Crippen molar-refractivity contribution >= 4 is 23.0 Å². The Balaban J connectivity index is 2.22. The van der Waals surface area contributed by atoms with Crippen molar-refractivity contribution < 1.29 is 4.42 Å². The number of nitrogens with two attached hydrogens (primary N) is 1. The monoisotopic (exact) mass is 250 g/mol. The SMILES string of the molecule is Cc1cc(N)c(Cl)cc1NC(C)c1ccco1. The Hall–Kier alpha value is -1.61. The highest BCUT2D eigenvalue weighted by atomic mass is 35.5. The third-order valence-corrected chi connectivity index (χ3v) is 3.01. The molecule has 90 valence electrons. The summed E-state index contributed by atoms with van der Waals surface area (Å²) >= 11 is 6.01. The molecule has 1 aromatic heterocycles. The van der Waals surface area contributed by atoms with Crippen LogP contribution in [0.1, 0.15) is 24.3 Å². The molecule has 0 aliphatic carbocycles. The lowest BCUT2D eigenvalue weighted by molar-refractivity contribution is 0.490. The van der Waals surface area contributed by atoms with E-state index in [1.807, 2.05) is 38.1 Å². The third-order valence-electron chi connectivity index (χ3n) is 2.69. The summed E-state index contributed by atoms with van der Waals surface area (Å²) in [6.07, 6.45) is 1.66. The minimum atomic E-state index is 0.0865. The van der Waals surface area contributed by atoms with Crippen molar-refractivity contribution in [3.63, 3.8) is 0 Å². The minimum absolute atomic E-state index is 0.0865. The van der Waals surface area contributed by atoms with Crippen LogP contribution in [0.15, 0.2) is 34.9 Å². The van der Waals surface area contributed by atoms with Gasteiger partial charge in [0, 0.05) is 5.69 Å². The Morgan fingerprint density at radius 2 is 2.18 bits per heavy atom. The van der Waals surface area contributed by atoms with Gasteiger partial charge in [-0.2, -0.15) is 0 Å². The maximum absolute atomic E-state index is 6.01. The van der Waals surface area contributed by atoms with Gasteiger partial charge in [0.05, 0.1) is 23.0 Å². The highest BCUT2D eigenvalue weighted by Crippen LogP contribution is 2.29. The Labute approximate surface area is 106 Å². The molecule has 0 saturated heterocycles. The van der Waals surface area contributed by atoms with E-state index in [4.69, 9.17) is 21.8 Å². The van der Waals surface area contributed by atoms with E-state index in [1.165, 1.54) is 0 Å². The summed E-state index contributed by atoms with van der Waals surface area (Å²) < 4.78 is 5.34. The van der Waals surface area contributed by atoms with Crippen LogP contribution in [0.4, 0.5) is 11.4 Å². The van der Waals surface area contributed by atoms with E-state index in [-0.39, 0.29) is 6.04 Å². The molecular weight excluding hydrogens is 236 g/mol. The van der Waals surface area contributed by atoms with Gasteiger partial charge < -0.3 is 15.5 Å². The quantitative estimate of drug-likeness (QED) is 0.810. The van der Waals surface area contributed by atoms with Gasteiger partial charge in [-0.05, 0) is 43.7 Å². The first-order valence-corrected chi connectivity index (χ1v) is 5.81. The van der Waals surface area contributed by atoms with Crippen LogP contribution < -0.4 is 11.1 Å². The minimum Gasteiger partial charge on any atom is -0.467 e. The first-order valence-electron chi connectivity index (χ1n) is 5.43. The summed E-state index contributed by atoms with van der Waals surface area (Å²) in [7, 11) is 0. The van der Waals surface area contributed by atoms with Crippen molar-refractivity contribution in [2.24, 2.45) is 0 Å². The lowest BCUT2D eigenvalue weighted by Gasteiger charge is -2.16. The largest absolute Gasteiger partial charge is 0.467 e. The molecule has 2 aromatic rings. The zero-order valence-corrected chi connectivity index (χ0v) is 10.6. The summed E-state index contributed by atoms with van der Waals surface area (Å²) in [6, 6.07) is 7.59. The molecule has 2 rings (SSSR count). The summed E-state index contributed by atoms with van der Waals surface area (Å²) in [5, 5.41) is 3.91. The van der Waals surface area contributed by atoms with Gasteiger partial charge in [0.1, 0.15) is 5.76 Å². The second kappa shape index (κ2) is 4.72. The number of hydrogen-bond acceptors (Lipinski definition) is 3. The van der Waals surface area contributed by atoms with Gasteiger partial charge in [0.25, 0.3) is 0 Å². The van der Waals surface area contributed by atoms with Crippen molar-refractivity contribution in [2.45, 2.75) is 19.9 Å². The molecule has 3 nitrogen and oxygen atoms in total. The summed E-state index contributed by atoms with van der Waals surface area (Å²) in [5.41, 5.74) is 8.36. The predicted octanol–water partition coefficient (Wildman–Crippen LogP) is 4.00. The van der Waals surface area contributed by atoms with Crippen LogP contribution in [0.3, 0.4) is 0 Å². The molecule has 0 amide bonds. The molecule has 17 heavy (non-hydrogen) atoms. The number of halogens is 1. The first-order chi connectivity index (χ1) is 8.08. The van der Waals surface area contributed by atoms with E-state index < -0.39 is 0 Å². The third kappa shape index (κ3) is 2.56. The molecule has 1 unspecified atom stereocenters. The van der Waals surface area contributed by atoms with Crippen LogP contribution in [0, 0.1) is 6.92 Å². The predicted molar refractivity (Wildman–Crippen MR) is 71.3 cm³/mol. The van der Waals surface area contributed by atoms with Crippen molar-refractivity contribution in [1.82, 2.24) is 0 Å². The fraction of sp³-hybridized carbons (Fsp3) is 0.231. The van der Waals surface area contributed by atoms with E-state index in [0.717, 1.165) is 17.0 Å². The molecule has 1 aromatic carbocycles. The van der Waals surface area contributed by atoms with Gasteiger partial charge in [0.15, 0.2) is 0 Å². The smallest absolute Gasteiger partial charge is 0.125 e. The first kappa shape index (κ1) is 11.9. The van der Waals surface area contributed by atoms with Gasteiger partial charge in [0.2, 0.25) is 0 Å². The highest BCUT2D eigenvalue weighted by Gasteiger charge is 2.10. The molecule has 0 saturated carbocycles. The van der Waals surface area contributed by atoms with E-state index >= 15 is 0 Å². The Morgan fingerprint density at radius 1 is 1.41 bits per heavy atom. The average molecular weight is 251 g/mol. The maximum atomic E-state index is 6.01. The number of aryl methyl sites for hydroxylation is 1. The molecular formula is C13H15ClN2O. The van der Waals surface area contributed by atoms with Crippen LogP contribution >= 0.6 is 11.6 Å². The summed E-state index contributed by atoms with van der Waals surface area (Å²) in [4.78, 5) is 0. The lowest BCUT2D eigenvalue weighted by atomic mass is 10.1. The van der Waals surface area contributed by atoms with Crippen LogP contribution in [-0.4, -0.2) is 0 Å². The lowest BCUT2D eigenvalue weighted by Crippen LogP contribution is -2.07. The normalized spacial score (nSPS) is 12.4. The van der Waals surface area contributed by atoms with Crippen LogP contribution in [0.2, 0.25) is 5.02 Å². The standard InChI is InChI=1S/C13H15ClN2O/c1-8-6-11(15)10(14)7-12(8)16-9(2)13-4-3-5-17-13/h3-7,9,16H,15H2,1-2H3. The Bertz CT molecular complexity index is 508. The fourth-order valence-electron chi connectivity index (χ4n) is 1.70. The molecule has 0 aliphatic rings. The number of anilines is 2. The summed E-state index contributed by atoms with van der Waals surface area (Å²) in [5.74, 6) is 0.886. The number of hydrogen-bond donors (Lipinski definition) is 2. The van der Waals surface area contributed by atoms with E-state index in [1.54, 1.807) is 6.26 Å². The second-order valence-corrected chi connectivity index (χ2v) is 4.48. The maximum Gasteiger partial charge on any atom is 0.125 e. The highest BCUT2D eigenvalue weighted by molar-refractivity contribution is 6.33. The van der Waals surface area contributed by atoms with Crippen molar-refractivity contribution in [2.75, 3.05) is 11.1 Å². The van der Waals surface area contributed by atoms with Crippen LogP contribution in [-0.2, 0) is 0 Å². The number of benzene rings is 1. The van der Waals surface area contributed by atoms with Crippen molar-refractivity contribution in [3.8, 4) is 0 Å². The van der Waals surface area contributed by atoms with Crippen LogP contribution in [0.5, 0.6) is 0 Å². The van der Waals surface area contributed by atoms with Gasteiger partial charge >= 0.3 is 0 Å². The van der Waals surface area contributed by atoms with Crippen molar-refractivity contribution in [3.05, 3.63) is 46.9 Å². The number of rotatable bonds is 3. The molecule has 0 aliphatic heterocycles. The molecule has 0 spiro atoms. The van der Waals surface area contributed by atoms with Gasteiger partial charge in [-0.15, -0.1) is 0 Å². The van der Waals surface area contributed by atoms with Crippen LogP contribution in [0.25, 0.3) is 0 Å². The molecule has 0 fully saturated rings. The van der Waals surface area contributed by atoms with E-state index in [0.29, 0.717) is 10.7 Å². The zero-order chi connectivity index (χ0) is 12.4. The molecule has 3 N–H and O–H groups in total. The van der Waals surface area contributed by atoms with E-state index in [2.05, 4.69) is 5.32 Å². The average Bonchev–Trinajstić information content (AvgIpc) is 2.79. The second-order valence-electron chi connectivity index (χ2n) is 4.07. The van der Waals surface area contributed by atoms with E-state index in [9.17, 15) is 0 Å². The van der Waals surface area contributed by atoms with Gasteiger partial charge in [-0.3, -0.25) is 0 Å². The molecule has 4 heteroatoms. The van der Waals surface area contributed by atoms with Gasteiger partial charge in [-0.1, -0.05) is 11.6 Å². The Morgan fingerprint density at radius 3 is 2.82 bits per heavy atom. The van der Waals surface area contributed by atoms with Gasteiger partial charge in [-0.25, -0.2) is 0 Å². The number of nitrogen functional groups attached to an aromatic ring is 1. The number of furan rings is 1. The molecule has 1 heterocycles. The molecule has 1 atom stereocenters. The van der Waals surface area contributed by atoms with Crippen molar-refractivity contribution in [1.29, 1.82) is 0 Å².